The van der Waals surface area contributed by atoms with E-state index in [0.717, 1.165) is 6.42 Å². The Labute approximate surface area is 190 Å². The number of carbonyl (C=O) groups excluding carboxylic acids is 2. The van der Waals surface area contributed by atoms with Crippen molar-refractivity contribution in [1.82, 2.24) is 16.0 Å². The maximum atomic E-state index is 13.7. The number of alkyl halides is 4. The number of amides is 2. The molecule has 0 aromatic heterocycles. The zero-order valence-corrected chi connectivity index (χ0v) is 18.6. The first-order valence-corrected chi connectivity index (χ1v) is 11.8. The first-order chi connectivity index (χ1) is 15.2. The van der Waals surface area contributed by atoms with Gasteiger partial charge in [0.05, 0.1) is 16.9 Å². The fraction of sp³-hybridized carbons (Fsp3) is 0.905. The number of halogens is 4. The van der Waals surface area contributed by atoms with Crippen LogP contribution in [0, 0.1) is 5.41 Å². The first kappa shape index (κ1) is 24.0. The second-order valence-corrected chi connectivity index (χ2v) is 10.3. The molecule has 32 heavy (non-hydrogen) atoms. The van der Waals surface area contributed by atoms with Crippen molar-refractivity contribution in [2.75, 3.05) is 13.2 Å². The number of fused-ring (bicyclic) bond motifs is 1. The highest BCUT2D eigenvalue weighted by atomic mass is 35.5. The molecule has 182 valence electrons. The standard InChI is InChI=1S/C21H31ClF3N3O4/c22-14-3-2-13(7-15(14)23)31-9-16(29)28-21-6-5-20(10-21,11-21)18(30)27-12-1-4-17(26-8-12)32-19(24)25/h12-15,17,19,26H,1-11H2,(H,27,30)(H,28,29). The molecule has 5 rings (SSSR count). The van der Waals surface area contributed by atoms with Gasteiger partial charge in [0, 0.05) is 24.5 Å². The maximum absolute atomic E-state index is 13.7. The summed E-state index contributed by atoms with van der Waals surface area (Å²) in [7, 11) is 0. The number of rotatable bonds is 8. The topological polar surface area (TPSA) is 88.7 Å². The molecule has 0 aromatic rings. The third-order valence-electron chi connectivity index (χ3n) is 7.39. The average molecular weight is 482 g/mol. The molecule has 1 aliphatic heterocycles. The van der Waals surface area contributed by atoms with Gasteiger partial charge in [0.25, 0.3) is 0 Å². The highest BCUT2D eigenvalue weighted by molar-refractivity contribution is 6.21. The van der Waals surface area contributed by atoms with E-state index in [0.29, 0.717) is 51.5 Å². The Hall–Kier alpha value is -1.10. The van der Waals surface area contributed by atoms with E-state index in [4.69, 9.17) is 16.3 Å². The fourth-order valence-corrected chi connectivity index (χ4v) is 5.98. The van der Waals surface area contributed by atoms with Crippen LogP contribution in [0.2, 0.25) is 0 Å². The van der Waals surface area contributed by atoms with Crippen molar-refractivity contribution in [2.45, 2.75) is 99.9 Å². The van der Waals surface area contributed by atoms with Gasteiger partial charge in [-0.3, -0.25) is 14.9 Å². The normalized spacial score (nSPS) is 41.2. The fourth-order valence-electron chi connectivity index (χ4n) is 5.75. The molecule has 2 amide bonds. The van der Waals surface area contributed by atoms with Crippen LogP contribution < -0.4 is 16.0 Å². The highest BCUT2D eigenvalue weighted by Gasteiger charge is 2.65. The van der Waals surface area contributed by atoms with Crippen molar-refractivity contribution < 1.29 is 32.2 Å². The third kappa shape index (κ3) is 5.34. The quantitative estimate of drug-likeness (QED) is 0.463. The predicted octanol–water partition coefficient (Wildman–Crippen LogP) is 2.36. The molecule has 3 N–H and O–H groups in total. The summed E-state index contributed by atoms with van der Waals surface area (Å²) in [6.45, 7) is -2.56. The van der Waals surface area contributed by atoms with Crippen LogP contribution in [0.4, 0.5) is 13.2 Å². The van der Waals surface area contributed by atoms with Crippen LogP contribution in [-0.2, 0) is 19.1 Å². The third-order valence-corrected chi connectivity index (χ3v) is 7.88. The zero-order chi connectivity index (χ0) is 22.9. The van der Waals surface area contributed by atoms with Crippen LogP contribution in [0.1, 0.15) is 57.8 Å². The van der Waals surface area contributed by atoms with Gasteiger partial charge in [0.1, 0.15) is 19.0 Å². The number of hydrogen-bond donors (Lipinski definition) is 3. The van der Waals surface area contributed by atoms with Crippen LogP contribution in [0.5, 0.6) is 0 Å². The Morgan fingerprint density at radius 1 is 1.16 bits per heavy atom. The Morgan fingerprint density at radius 2 is 1.94 bits per heavy atom. The molecule has 1 saturated heterocycles. The molecule has 2 bridgehead atoms. The second kappa shape index (κ2) is 9.64. The van der Waals surface area contributed by atoms with E-state index in [9.17, 15) is 22.8 Å². The summed E-state index contributed by atoms with van der Waals surface area (Å²) in [4.78, 5) is 25.3. The van der Waals surface area contributed by atoms with E-state index in [1.54, 1.807) is 0 Å². The van der Waals surface area contributed by atoms with Crippen molar-refractivity contribution in [2.24, 2.45) is 5.41 Å². The summed E-state index contributed by atoms with van der Waals surface area (Å²) in [5.74, 6) is -0.283. The van der Waals surface area contributed by atoms with Crippen LogP contribution in [0.3, 0.4) is 0 Å². The molecule has 7 nitrogen and oxygen atoms in total. The van der Waals surface area contributed by atoms with Gasteiger partial charge in [-0.05, 0) is 51.4 Å². The highest BCUT2D eigenvalue weighted by Crippen LogP contribution is 2.61. The molecule has 5 atom stereocenters. The summed E-state index contributed by atoms with van der Waals surface area (Å²) in [5.41, 5.74) is -0.861. The molecule has 0 radical (unpaired) electrons. The van der Waals surface area contributed by atoms with Gasteiger partial charge >= 0.3 is 6.61 Å². The van der Waals surface area contributed by atoms with Gasteiger partial charge in [0.15, 0.2) is 0 Å². The number of piperidine rings is 1. The summed E-state index contributed by atoms with van der Waals surface area (Å²) in [6.07, 6.45) is 2.83. The SMILES string of the molecule is O=C(COC1CCC(Cl)C(F)C1)NC12CCC(C(=O)NC3CCC(OC(F)F)NC3)(C1)C2. The number of ether oxygens (including phenoxy) is 2. The van der Waals surface area contributed by atoms with Crippen molar-refractivity contribution >= 4 is 23.4 Å². The van der Waals surface area contributed by atoms with Crippen LogP contribution in [0.15, 0.2) is 0 Å². The molecule has 1 heterocycles. The lowest BCUT2D eigenvalue weighted by Gasteiger charge is -2.47. The van der Waals surface area contributed by atoms with E-state index < -0.39 is 29.8 Å². The van der Waals surface area contributed by atoms with E-state index in [-0.39, 0.29) is 42.5 Å². The second-order valence-electron chi connectivity index (χ2n) is 9.78. The van der Waals surface area contributed by atoms with E-state index in [1.165, 1.54) is 0 Å². The van der Waals surface area contributed by atoms with Crippen LogP contribution in [0.25, 0.3) is 0 Å². The average Bonchev–Trinajstić information content (AvgIpc) is 3.27. The minimum absolute atomic E-state index is 0.0389. The lowest BCUT2D eigenvalue weighted by Crippen LogP contribution is -2.62. The number of carbonyl (C=O) groups is 2. The molecule has 11 heteroatoms. The largest absolute Gasteiger partial charge is 0.368 e. The van der Waals surface area contributed by atoms with Gasteiger partial charge in [0.2, 0.25) is 11.8 Å². The van der Waals surface area contributed by atoms with Gasteiger partial charge in [-0.15, -0.1) is 11.6 Å². The molecule has 4 aliphatic carbocycles. The summed E-state index contributed by atoms with van der Waals surface area (Å²) in [6, 6.07) is -0.129. The Kier molecular flexibility index (Phi) is 7.24. The molecule has 5 fully saturated rings. The lowest BCUT2D eigenvalue weighted by molar-refractivity contribution is -0.177. The van der Waals surface area contributed by atoms with Gasteiger partial charge in [-0.2, -0.15) is 8.78 Å². The monoisotopic (exact) mass is 481 g/mol. The number of hydrogen-bond acceptors (Lipinski definition) is 5. The maximum Gasteiger partial charge on any atom is 0.346 e. The van der Waals surface area contributed by atoms with Crippen LogP contribution >= 0.6 is 11.6 Å². The predicted molar refractivity (Wildman–Crippen MR) is 110 cm³/mol. The van der Waals surface area contributed by atoms with Gasteiger partial charge in [-0.1, -0.05) is 0 Å². The minimum atomic E-state index is -2.82. The van der Waals surface area contributed by atoms with Crippen molar-refractivity contribution in [1.29, 1.82) is 0 Å². The van der Waals surface area contributed by atoms with Crippen molar-refractivity contribution in [3.05, 3.63) is 0 Å². The van der Waals surface area contributed by atoms with Gasteiger partial charge < -0.3 is 20.1 Å². The van der Waals surface area contributed by atoms with E-state index >= 15 is 0 Å². The summed E-state index contributed by atoms with van der Waals surface area (Å²) < 4.78 is 48.3. The molecule has 5 unspecified atom stereocenters. The first-order valence-electron chi connectivity index (χ1n) is 11.4. The Balaban J connectivity index is 1.17. The van der Waals surface area contributed by atoms with Crippen molar-refractivity contribution in [3.63, 3.8) is 0 Å². The molecule has 5 aliphatic rings. The Morgan fingerprint density at radius 3 is 2.59 bits per heavy atom. The molecule has 4 saturated carbocycles. The summed E-state index contributed by atoms with van der Waals surface area (Å²) >= 11 is 5.88. The Bertz CT molecular complexity index is 702. The van der Waals surface area contributed by atoms with E-state index in [2.05, 4.69) is 20.7 Å². The van der Waals surface area contributed by atoms with Crippen molar-refractivity contribution in [3.8, 4) is 0 Å². The molecule has 0 aromatic carbocycles. The van der Waals surface area contributed by atoms with Gasteiger partial charge in [-0.25, -0.2) is 4.39 Å². The number of nitrogens with one attached hydrogen (secondary N) is 3. The summed E-state index contributed by atoms with van der Waals surface area (Å²) in [5, 5.41) is 8.46. The molecule has 0 spiro atoms. The zero-order valence-electron chi connectivity index (χ0n) is 17.9. The molecular weight excluding hydrogens is 451 g/mol. The minimum Gasteiger partial charge on any atom is -0.368 e. The lowest BCUT2D eigenvalue weighted by atomic mass is 9.64. The molecular formula is C21H31ClF3N3O4. The van der Waals surface area contributed by atoms with E-state index in [1.807, 2.05) is 0 Å². The van der Waals surface area contributed by atoms with Crippen LogP contribution in [-0.4, -0.2) is 67.0 Å². The smallest absolute Gasteiger partial charge is 0.346 e.